The van der Waals surface area contributed by atoms with Gasteiger partial charge in [0, 0.05) is 12.1 Å². The zero-order chi connectivity index (χ0) is 12.8. The van der Waals surface area contributed by atoms with Gasteiger partial charge in [-0.3, -0.25) is 4.99 Å². The van der Waals surface area contributed by atoms with Crippen molar-refractivity contribution >= 4 is 57.4 Å². The minimum Gasteiger partial charge on any atom is -0.317 e. The molecule has 4 rings (SSSR count). The second kappa shape index (κ2) is 5.32. The first-order chi connectivity index (χ1) is 9.34. The maximum atomic E-state index is 6.44. The number of hydrogen-bond acceptors (Lipinski definition) is 3. The van der Waals surface area contributed by atoms with Crippen LogP contribution in [0.25, 0.3) is 16.5 Å². The van der Waals surface area contributed by atoms with Crippen molar-refractivity contribution in [1.29, 1.82) is 0 Å². The van der Waals surface area contributed by atoms with Gasteiger partial charge in [0.2, 0.25) is 0 Å². The first-order valence-corrected chi connectivity index (χ1v) is 7.42. The Morgan fingerprint density at radius 3 is 2.80 bits per heavy atom. The molecule has 0 saturated carbocycles. The van der Waals surface area contributed by atoms with Gasteiger partial charge in [-0.05, 0) is 22.5 Å². The molecular weight excluding hydrogens is 311 g/mol. The van der Waals surface area contributed by atoms with E-state index in [1.165, 1.54) is 16.3 Å². The molecule has 2 aromatic rings. The highest BCUT2D eigenvalue weighted by Gasteiger charge is 2.32. The van der Waals surface area contributed by atoms with Gasteiger partial charge in [-0.25, -0.2) is 0 Å². The zero-order valence-corrected chi connectivity index (χ0v) is 12.9. The van der Waals surface area contributed by atoms with Gasteiger partial charge in [-0.2, -0.15) is 0 Å². The smallest absolute Gasteiger partial charge is 0.169 e. The number of rotatable bonds is 1. The number of halogens is 2. The average Bonchev–Trinajstić information content (AvgIpc) is 2.98. The quantitative estimate of drug-likeness (QED) is 0.765. The molecule has 2 heterocycles. The molecule has 0 atom stereocenters. The van der Waals surface area contributed by atoms with Gasteiger partial charge in [0.15, 0.2) is 5.17 Å². The van der Waals surface area contributed by atoms with Crippen molar-refractivity contribution in [3.8, 4) is 0 Å². The molecule has 0 amide bonds. The first-order valence-electron chi connectivity index (χ1n) is 6.22. The number of thioether (sulfide) groups is 1. The Morgan fingerprint density at radius 2 is 1.90 bits per heavy atom. The van der Waals surface area contributed by atoms with Gasteiger partial charge in [0.1, 0.15) is 4.36 Å². The summed E-state index contributed by atoms with van der Waals surface area (Å²) in [5.74, 6) is 0. The summed E-state index contributed by atoms with van der Waals surface area (Å²) in [6.45, 7) is 1.79. The van der Waals surface area contributed by atoms with E-state index in [-0.39, 0.29) is 12.4 Å². The highest BCUT2D eigenvalue weighted by atomic mass is 35.5. The summed E-state index contributed by atoms with van der Waals surface area (Å²) >= 11 is 8.00. The Morgan fingerprint density at radius 1 is 1.10 bits per heavy atom. The van der Waals surface area contributed by atoms with Crippen LogP contribution in [0.5, 0.6) is 0 Å². The van der Waals surface area contributed by atoms with Crippen LogP contribution in [0.1, 0.15) is 5.56 Å². The number of nitrogens with zero attached hydrogens (tertiary/aromatic N) is 2. The standard InChI is InChI=1S/C15H11ClN2S.ClH/c16-14-13(18-9-8-17-15(18)19-14)12-7-3-5-10-4-1-2-6-11(10)12;/h1-7H,8-9H2;1H. The van der Waals surface area contributed by atoms with Crippen LogP contribution in [0.2, 0.25) is 0 Å². The van der Waals surface area contributed by atoms with E-state index < -0.39 is 0 Å². The summed E-state index contributed by atoms with van der Waals surface area (Å²) in [6, 6.07) is 14.8. The van der Waals surface area contributed by atoms with Crippen molar-refractivity contribution in [2.75, 3.05) is 13.1 Å². The monoisotopic (exact) mass is 322 g/mol. The minimum atomic E-state index is 0. The van der Waals surface area contributed by atoms with E-state index in [1.807, 2.05) is 0 Å². The fourth-order valence-electron chi connectivity index (χ4n) is 2.64. The summed E-state index contributed by atoms with van der Waals surface area (Å²) in [4.78, 5) is 6.71. The van der Waals surface area contributed by atoms with Crippen molar-refractivity contribution < 1.29 is 0 Å². The molecule has 20 heavy (non-hydrogen) atoms. The molecule has 102 valence electrons. The van der Waals surface area contributed by atoms with Crippen LogP contribution in [0, 0.1) is 0 Å². The molecule has 0 aromatic heterocycles. The summed E-state index contributed by atoms with van der Waals surface area (Å²) < 4.78 is 0.829. The Kier molecular flexibility index (Phi) is 3.67. The second-order valence-electron chi connectivity index (χ2n) is 4.57. The van der Waals surface area contributed by atoms with Gasteiger partial charge in [0.25, 0.3) is 0 Å². The summed E-state index contributed by atoms with van der Waals surface area (Å²) in [6.07, 6.45) is 0. The van der Waals surface area contributed by atoms with E-state index in [2.05, 4.69) is 52.4 Å². The molecule has 2 aliphatic heterocycles. The third kappa shape index (κ3) is 2.01. The number of hydrogen-bond donors (Lipinski definition) is 0. The zero-order valence-electron chi connectivity index (χ0n) is 10.5. The second-order valence-corrected chi connectivity index (χ2v) is 6.15. The lowest BCUT2D eigenvalue weighted by Crippen LogP contribution is -2.20. The molecule has 0 radical (unpaired) electrons. The molecule has 2 aliphatic rings. The first kappa shape index (κ1) is 13.8. The molecule has 0 aliphatic carbocycles. The highest BCUT2D eigenvalue weighted by molar-refractivity contribution is 8.18. The van der Waals surface area contributed by atoms with Crippen LogP contribution in [0.4, 0.5) is 0 Å². The van der Waals surface area contributed by atoms with Crippen molar-refractivity contribution in [2.24, 2.45) is 4.99 Å². The predicted octanol–water partition coefficient (Wildman–Crippen LogP) is 4.54. The van der Waals surface area contributed by atoms with E-state index in [9.17, 15) is 0 Å². The van der Waals surface area contributed by atoms with Gasteiger partial charge in [0.05, 0.1) is 12.2 Å². The summed E-state index contributed by atoms with van der Waals surface area (Å²) in [5, 5.41) is 3.52. The number of fused-ring (bicyclic) bond motifs is 2. The highest BCUT2D eigenvalue weighted by Crippen LogP contribution is 2.44. The molecule has 2 nitrogen and oxygen atoms in total. The van der Waals surface area contributed by atoms with Crippen LogP contribution in [-0.4, -0.2) is 23.2 Å². The normalized spacial score (nSPS) is 17.2. The van der Waals surface area contributed by atoms with Crippen LogP contribution in [-0.2, 0) is 0 Å². The third-order valence-electron chi connectivity index (χ3n) is 3.48. The van der Waals surface area contributed by atoms with Crippen LogP contribution >= 0.6 is 35.8 Å². The Labute approximate surface area is 132 Å². The van der Waals surface area contributed by atoms with Gasteiger partial charge >= 0.3 is 0 Å². The Bertz CT molecular complexity index is 734. The van der Waals surface area contributed by atoms with E-state index in [1.54, 1.807) is 11.8 Å². The maximum absolute atomic E-state index is 6.44. The summed E-state index contributed by atoms with van der Waals surface area (Å²) in [5.41, 5.74) is 2.31. The lowest BCUT2D eigenvalue weighted by Gasteiger charge is -2.18. The number of benzene rings is 2. The van der Waals surface area contributed by atoms with E-state index in [0.29, 0.717) is 0 Å². The van der Waals surface area contributed by atoms with Crippen molar-refractivity contribution in [2.45, 2.75) is 0 Å². The topological polar surface area (TPSA) is 15.6 Å². The largest absolute Gasteiger partial charge is 0.317 e. The molecule has 0 fully saturated rings. The van der Waals surface area contributed by atoms with E-state index in [4.69, 9.17) is 11.6 Å². The van der Waals surface area contributed by atoms with Crippen LogP contribution < -0.4 is 0 Å². The minimum absolute atomic E-state index is 0. The lowest BCUT2D eigenvalue weighted by molar-refractivity contribution is 0.650. The Balaban J connectivity index is 0.00000121. The van der Waals surface area contributed by atoms with Crippen LogP contribution in [0.3, 0.4) is 0 Å². The molecule has 0 bridgehead atoms. The molecular formula is C15H12Cl2N2S. The fourth-order valence-corrected chi connectivity index (χ4v) is 3.98. The number of amidine groups is 1. The molecule has 0 unspecified atom stereocenters. The fraction of sp³-hybridized carbons (Fsp3) is 0.133. The van der Waals surface area contributed by atoms with Gasteiger partial charge < -0.3 is 4.90 Å². The van der Waals surface area contributed by atoms with Gasteiger partial charge in [-0.1, -0.05) is 54.1 Å². The van der Waals surface area contributed by atoms with E-state index in [0.717, 1.165) is 28.3 Å². The van der Waals surface area contributed by atoms with Crippen molar-refractivity contribution in [1.82, 2.24) is 4.90 Å². The third-order valence-corrected chi connectivity index (χ3v) is 4.80. The Hall–Kier alpha value is -1.16. The molecule has 2 aromatic carbocycles. The molecule has 0 saturated heterocycles. The average molecular weight is 323 g/mol. The molecule has 5 heteroatoms. The maximum Gasteiger partial charge on any atom is 0.169 e. The number of aliphatic imine (C=N–C) groups is 1. The molecule has 0 spiro atoms. The van der Waals surface area contributed by atoms with Crippen LogP contribution in [0.15, 0.2) is 51.8 Å². The van der Waals surface area contributed by atoms with Crippen molar-refractivity contribution in [3.63, 3.8) is 0 Å². The van der Waals surface area contributed by atoms with Gasteiger partial charge in [-0.15, -0.1) is 12.4 Å². The summed E-state index contributed by atoms with van der Waals surface area (Å²) in [7, 11) is 0. The SMILES string of the molecule is Cl.ClC1=C(c2cccc3ccccc23)N2CCN=C2S1. The van der Waals surface area contributed by atoms with Crippen molar-refractivity contribution in [3.05, 3.63) is 52.4 Å². The lowest BCUT2D eigenvalue weighted by atomic mass is 10.0. The predicted molar refractivity (Wildman–Crippen MR) is 90.6 cm³/mol. The van der Waals surface area contributed by atoms with E-state index >= 15 is 0 Å². The molecule has 0 N–H and O–H groups in total.